The minimum atomic E-state index is -3.88. The van der Waals surface area contributed by atoms with Crippen LogP contribution >= 0.6 is 11.6 Å². The number of carbonyl (C=O) groups excluding carboxylic acids is 1. The fourth-order valence-corrected chi connectivity index (χ4v) is 5.74. The number of sulfone groups is 1. The lowest BCUT2D eigenvalue weighted by atomic mass is 9.96. The number of ether oxygens (including phenoxy) is 2. The van der Waals surface area contributed by atoms with Gasteiger partial charge in [-0.1, -0.05) is 11.6 Å². The van der Waals surface area contributed by atoms with Crippen LogP contribution in [-0.2, 0) is 19.4 Å². The van der Waals surface area contributed by atoms with Crippen LogP contribution in [0.4, 0.5) is 5.69 Å². The van der Waals surface area contributed by atoms with Gasteiger partial charge in [0.25, 0.3) is 0 Å². The van der Waals surface area contributed by atoms with Gasteiger partial charge in [0.1, 0.15) is 10.6 Å². The lowest BCUT2D eigenvalue weighted by molar-refractivity contribution is -0.148. The van der Waals surface area contributed by atoms with Crippen molar-refractivity contribution in [2.45, 2.75) is 29.6 Å². The molecule has 2 aromatic carbocycles. The Morgan fingerprint density at radius 3 is 2.48 bits per heavy atom. The first-order valence-corrected chi connectivity index (χ1v) is 12.6. The first-order chi connectivity index (χ1) is 15.8. The van der Waals surface area contributed by atoms with Crippen molar-refractivity contribution in [1.82, 2.24) is 4.98 Å². The molecule has 0 N–H and O–H groups in total. The normalized spacial score (nSPS) is 14.9. The molecule has 0 spiro atoms. The topological polar surface area (TPSA) is 85.8 Å². The van der Waals surface area contributed by atoms with Gasteiger partial charge in [-0.05, 0) is 62.2 Å². The molecule has 1 aliphatic heterocycles. The first kappa shape index (κ1) is 23.3. The summed E-state index contributed by atoms with van der Waals surface area (Å²) in [6.45, 7) is 3.16. The van der Waals surface area contributed by atoms with Crippen LogP contribution in [0.25, 0.3) is 10.9 Å². The molecule has 0 radical (unpaired) electrons. The lowest BCUT2D eigenvalue weighted by Gasteiger charge is -2.34. The van der Waals surface area contributed by atoms with Gasteiger partial charge in [0, 0.05) is 29.7 Å². The van der Waals surface area contributed by atoms with Crippen molar-refractivity contribution in [3.63, 3.8) is 0 Å². The van der Waals surface area contributed by atoms with Crippen LogP contribution in [0.2, 0.25) is 5.02 Å². The van der Waals surface area contributed by atoms with Gasteiger partial charge in [-0.3, -0.25) is 9.78 Å². The third-order valence-corrected chi connectivity index (χ3v) is 7.86. The number of rotatable bonds is 6. The van der Waals surface area contributed by atoms with Gasteiger partial charge in [-0.25, -0.2) is 8.42 Å². The number of fused-ring (bicyclic) bond motifs is 1. The number of hydrogen-bond donors (Lipinski definition) is 0. The first-order valence-electron chi connectivity index (χ1n) is 10.7. The summed E-state index contributed by atoms with van der Waals surface area (Å²) in [6, 6.07) is 11.5. The Morgan fingerprint density at radius 2 is 1.85 bits per heavy atom. The third-order valence-electron chi connectivity index (χ3n) is 5.86. The van der Waals surface area contributed by atoms with Gasteiger partial charge < -0.3 is 14.4 Å². The number of pyridine rings is 1. The summed E-state index contributed by atoms with van der Waals surface area (Å²) >= 11 is 6.28. The molecule has 1 aliphatic rings. The van der Waals surface area contributed by atoms with Gasteiger partial charge in [-0.2, -0.15) is 0 Å². The maximum atomic E-state index is 13.7. The number of anilines is 1. The molecule has 4 rings (SSSR count). The highest BCUT2D eigenvalue weighted by molar-refractivity contribution is 7.91. The summed E-state index contributed by atoms with van der Waals surface area (Å²) in [4.78, 5) is 18.9. The van der Waals surface area contributed by atoms with E-state index in [1.54, 1.807) is 37.3 Å². The molecule has 33 heavy (non-hydrogen) atoms. The second kappa shape index (κ2) is 9.57. The molecule has 1 fully saturated rings. The van der Waals surface area contributed by atoms with Crippen LogP contribution in [0.5, 0.6) is 5.75 Å². The molecule has 3 aromatic rings. The minimum Gasteiger partial charge on any atom is -0.497 e. The summed E-state index contributed by atoms with van der Waals surface area (Å²) in [5.41, 5.74) is 1.20. The highest BCUT2D eigenvalue weighted by Crippen LogP contribution is 2.39. The molecule has 0 aliphatic carbocycles. The monoisotopic (exact) mass is 488 g/mol. The Bertz CT molecular complexity index is 1270. The molecule has 174 valence electrons. The fraction of sp³-hybridized carbons (Fsp3) is 0.333. The summed E-state index contributed by atoms with van der Waals surface area (Å²) < 4.78 is 37.7. The Labute approximate surface area is 198 Å². The molecular formula is C24H25ClN2O5S. The van der Waals surface area contributed by atoms with Crippen LogP contribution in [0.15, 0.2) is 58.5 Å². The molecule has 1 saturated heterocycles. The van der Waals surface area contributed by atoms with Crippen molar-refractivity contribution in [3.8, 4) is 5.75 Å². The van der Waals surface area contributed by atoms with Crippen molar-refractivity contribution in [3.05, 3.63) is 53.7 Å². The number of benzene rings is 2. The quantitative estimate of drug-likeness (QED) is 0.472. The van der Waals surface area contributed by atoms with Crippen molar-refractivity contribution in [2.75, 3.05) is 31.7 Å². The number of hydrogen-bond acceptors (Lipinski definition) is 7. The number of halogens is 1. The second-order valence-electron chi connectivity index (χ2n) is 7.82. The average molecular weight is 489 g/mol. The minimum absolute atomic E-state index is 0.108. The van der Waals surface area contributed by atoms with E-state index in [1.807, 2.05) is 4.90 Å². The molecule has 0 amide bonds. The third kappa shape index (κ3) is 4.63. The summed E-state index contributed by atoms with van der Waals surface area (Å²) in [5, 5.41) is 1.15. The van der Waals surface area contributed by atoms with E-state index in [-0.39, 0.29) is 21.7 Å². The molecule has 0 bridgehead atoms. The van der Waals surface area contributed by atoms with E-state index in [0.29, 0.717) is 59.9 Å². The van der Waals surface area contributed by atoms with E-state index >= 15 is 0 Å². The van der Waals surface area contributed by atoms with E-state index in [4.69, 9.17) is 21.1 Å². The van der Waals surface area contributed by atoms with Crippen molar-refractivity contribution in [2.24, 2.45) is 5.92 Å². The van der Waals surface area contributed by atoms with Gasteiger partial charge in [0.05, 0.1) is 35.7 Å². The van der Waals surface area contributed by atoms with E-state index in [9.17, 15) is 13.2 Å². The van der Waals surface area contributed by atoms with Crippen molar-refractivity contribution in [1.29, 1.82) is 0 Å². The zero-order chi connectivity index (χ0) is 23.6. The van der Waals surface area contributed by atoms with E-state index in [2.05, 4.69) is 4.98 Å². The molecule has 9 heteroatoms. The zero-order valence-corrected chi connectivity index (χ0v) is 20.0. The molecule has 0 atom stereocenters. The largest absolute Gasteiger partial charge is 0.497 e. The fourth-order valence-electron chi connectivity index (χ4n) is 4.14. The number of esters is 1. The molecule has 0 unspecified atom stereocenters. The second-order valence-corrected chi connectivity index (χ2v) is 10.2. The van der Waals surface area contributed by atoms with Crippen LogP contribution < -0.4 is 9.64 Å². The Hall–Kier alpha value is -2.84. The van der Waals surface area contributed by atoms with Gasteiger partial charge in [-0.15, -0.1) is 0 Å². The molecule has 0 saturated carbocycles. The van der Waals surface area contributed by atoms with Crippen LogP contribution in [-0.4, -0.2) is 46.2 Å². The van der Waals surface area contributed by atoms with Gasteiger partial charge in [0.2, 0.25) is 9.84 Å². The maximum absolute atomic E-state index is 13.7. The van der Waals surface area contributed by atoms with Crippen LogP contribution in [0.3, 0.4) is 0 Å². The van der Waals surface area contributed by atoms with E-state index in [1.165, 1.54) is 25.4 Å². The van der Waals surface area contributed by atoms with Gasteiger partial charge >= 0.3 is 5.97 Å². The molecule has 7 nitrogen and oxygen atoms in total. The van der Waals surface area contributed by atoms with Crippen molar-refractivity contribution < 1.29 is 22.7 Å². The standard InChI is InChI=1S/C24H25ClN2O5S/c1-3-32-24(28)16-10-12-27(13-11-16)23-20-14-17(25)4-9-21(20)26-15-22(23)33(29,30)19-7-5-18(31-2)6-8-19/h4-9,14-16H,3,10-13H2,1-2H3. The van der Waals surface area contributed by atoms with E-state index < -0.39 is 9.84 Å². The number of carbonyl (C=O) groups is 1. The van der Waals surface area contributed by atoms with Crippen LogP contribution in [0.1, 0.15) is 19.8 Å². The average Bonchev–Trinajstić information content (AvgIpc) is 2.83. The number of nitrogens with zero attached hydrogens (tertiary/aromatic N) is 2. The number of methoxy groups -OCH3 is 1. The molecule has 2 heterocycles. The predicted molar refractivity (Wildman–Crippen MR) is 127 cm³/mol. The SMILES string of the molecule is CCOC(=O)C1CCN(c2c(S(=O)(=O)c3ccc(OC)cc3)cnc3ccc(Cl)cc23)CC1. The lowest BCUT2D eigenvalue weighted by Crippen LogP contribution is -2.37. The summed E-state index contributed by atoms with van der Waals surface area (Å²) in [7, 11) is -2.35. The Morgan fingerprint density at radius 1 is 1.15 bits per heavy atom. The highest BCUT2D eigenvalue weighted by atomic mass is 35.5. The Balaban J connectivity index is 1.79. The van der Waals surface area contributed by atoms with Crippen LogP contribution in [0, 0.1) is 5.92 Å². The Kier molecular flexibility index (Phi) is 6.76. The van der Waals surface area contributed by atoms with Gasteiger partial charge in [0.15, 0.2) is 0 Å². The molecule has 1 aromatic heterocycles. The van der Waals surface area contributed by atoms with E-state index in [0.717, 1.165) is 0 Å². The van der Waals surface area contributed by atoms with Crippen molar-refractivity contribution >= 4 is 44.0 Å². The number of aromatic nitrogens is 1. The highest BCUT2D eigenvalue weighted by Gasteiger charge is 2.31. The maximum Gasteiger partial charge on any atom is 0.309 e. The smallest absolute Gasteiger partial charge is 0.309 e. The molecular weight excluding hydrogens is 464 g/mol. The zero-order valence-electron chi connectivity index (χ0n) is 18.5. The predicted octanol–water partition coefficient (Wildman–Crippen LogP) is 4.51. The number of piperidine rings is 1. The summed E-state index contributed by atoms with van der Waals surface area (Å²) in [5.74, 6) is 0.170. The summed E-state index contributed by atoms with van der Waals surface area (Å²) in [6.07, 6.45) is 2.55.